The summed E-state index contributed by atoms with van der Waals surface area (Å²) in [6.07, 6.45) is 0. The Bertz CT molecular complexity index is 2540. The molecule has 0 aliphatic carbocycles. The van der Waals surface area contributed by atoms with Crippen LogP contribution in [0.2, 0.25) is 0 Å². The molecule has 7 aromatic carbocycles. The summed E-state index contributed by atoms with van der Waals surface area (Å²) in [7, 11) is -2.80. The van der Waals surface area contributed by atoms with Crippen LogP contribution in [-0.2, 0) is 0 Å². The van der Waals surface area contributed by atoms with Gasteiger partial charge in [0.05, 0.1) is 11.2 Å². The first-order chi connectivity index (χ1) is 23.2. The van der Waals surface area contributed by atoms with Gasteiger partial charge in [0.25, 0.3) is 0 Å². The van der Waals surface area contributed by atoms with E-state index in [9.17, 15) is 4.89 Å². The fourth-order valence-electron chi connectivity index (χ4n) is 6.89. The SMILES string of the molecule is O[P+](c1ccccc1)(c1ccccc1)c1ccc(-c2cccc(-c3nc4ccccc4c4c3ccc3c5ccccc5oc34)c2)cc1. The van der Waals surface area contributed by atoms with Gasteiger partial charge in [0.1, 0.15) is 27.1 Å². The maximum Gasteiger partial charge on any atom is 0.238 e. The maximum absolute atomic E-state index is 12.4. The quantitative estimate of drug-likeness (QED) is 0.154. The summed E-state index contributed by atoms with van der Waals surface area (Å²) in [5.41, 5.74) is 6.84. The molecule has 9 rings (SSSR count). The molecule has 0 spiro atoms. The molecule has 0 aliphatic heterocycles. The Morgan fingerprint density at radius 2 is 1.04 bits per heavy atom. The molecule has 222 valence electrons. The van der Waals surface area contributed by atoms with Gasteiger partial charge in [-0.05, 0) is 71.8 Å². The van der Waals surface area contributed by atoms with Crippen LogP contribution in [0.1, 0.15) is 0 Å². The highest BCUT2D eigenvalue weighted by atomic mass is 31.2. The van der Waals surface area contributed by atoms with Crippen LogP contribution >= 0.6 is 7.49 Å². The topological polar surface area (TPSA) is 46.3 Å². The normalized spacial score (nSPS) is 11.9. The molecular formula is C43H29NO2P+. The predicted octanol–water partition coefficient (Wildman–Crippen LogP) is 9.82. The number of nitrogens with zero attached hydrogens (tertiary/aromatic N) is 1. The number of hydrogen-bond acceptors (Lipinski definition) is 3. The minimum absolute atomic E-state index is 0.886. The van der Waals surface area contributed by atoms with Gasteiger partial charge in [-0.3, -0.25) is 0 Å². The van der Waals surface area contributed by atoms with E-state index in [2.05, 4.69) is 91.0 Å². The van der Waals surface area contributed by atoms with Gasteiger partial charge >= 0.3 is 0 Å². The third kappa shape index (κ3) is 4.47. The molecule has 9 aromatic rings. The second kappa shape index (κ2) is 11.0. The van der Waals surface area contributed by atoms with Crippen LogP contribution in [0.25, 0.3) is 66.0 Å². The number of furan rings is 1. The van der Waals surface area contributed by atoms with E-state index in [1.165, 1.54) is 0 Å². The first-order valence-corrected chi connectivity index (χ1v) is 17.5. The summed E-state index contributed by atoms with van der Waals surface area (Å²) in [6.45, 7) is 0. The van der Waals surface area contributed by atoms with Crippen molar-refractivity contribution in [1.29, 1.82) is 0 Å². The smallest absolute Gasteiger partial charge is 0.238 e. The summed E-state index contributed by atoms with van der Waals surface area (Å²) in [5.74, 6) is 0. The number of benzene rings is 7. The summed E-state index contributed by atoms with van der Waals surface area (Å²) in [4.78, 5) is 17.6. The van der Waals surface area contributed by atoms with Crippen molar-refractivity contribution in [3.05, 3.63) is 170 Å². The Morgan fingerprint density at radius 3 is 1.79 bits per heavy atom. The number of hydrogen-bond donors (Lipinski definition) is 1. The molecule has 0 amide bonds. The highest BCUT2D eigenvalue weighted by Gasteiger charge is 2.44. The molecule has 0 atom stereocenters. The van der Waals surface area contributed by atoms with Crippen LogP contribution in [0.15, 0.2) is 174 Å². The Hall–Kier alpha value is -5.60. The second-order valence-corrected chi connectivity index (χ2v) is 14.7. The third-order valence-corrected chi connectivity index (χ3v) is 12.3. The summed E-state index contributed by atoms with van der Waals surface area (Å²) in [6, 6.07) is 57.9. The van der Waals surface area contributed by atoms with Crippen molar-refractivity contribution >= 4 is 67.0 Å². The van der Waals surface area contributed by atoms with Gasteiger partial charge in [-0.1, -0.05) is 109 Å². The van der Waals surface area contributed by atoms with Crippen molar-refractivity contribution in [3.8, 4) is 22.4 Å². The van der Waals surface area contributed by atoms with Crippen molar-refractivity contribution in [2.24, 2.45) is 0 Å². The zero-order chi connectivity index (χ0) is 31.4. The minimum Gasteiger partial charge on any atom is -0.455 e. The van der Waals surface area contributed by atoms with Crippen LogP contribution in [0.3, 0.4) is 0 Å². The fraction of sp³-hybridized carbons (Fsp3) is 0. The molecule has 2 aromatic heterocycles. The van der Waals surface area contributed by atoms with Gasteiger partial charge in [-0.2, -0.15) is 0 Å². The van der Waals surface area contributed by atoms with Crippen molar-refractivity contribution in [2.45, 2.75) is 0 Å². The molecular weight excluding hydrogens is 593 g/mol. The Labute approximate surface area is 272 Å². The largest absolute Gasteiger partial charge is 0.455 e. The molecule has 0 saturated heterocycles. The molecule has 0 aliphatic rings. The van der Waals surface area contributed by atoms with E-state index in [0.717, 1.165) is 81.9 Å². The van der Waals surface area contributed by atoms with Gasteiger partial charge < -0.3 is 4.42 Å². The van der Waals surface area contributed by atoms with Gasteiger partial charge in [0, 0.05) is 32.5 Å². The zero-order valence-corrected chi connectivity index (χ0v) is 26.3. The lowest BCUT2D eigenvalue weighted by atomic mass is 9.96. The van der Waals surface area contributed by atoms with Gasteiger partial charge in [0.15, 0.2) is 0 Å². The first-order valence-electron chi connectivity index (χ1n) is 15.8. The Morgan fingerprint density at radius 1 is 0.447 bits per heavy atom. The van der Waals surface area contributed by atoms with Gasteiger partial charge in [-0.25, -0.2) is 9.88 Å². The third-order valence-electron chi connectivity index (χ3n) is 9.18. The highest BCUT2D eigenvalue weighted by molar-refractivity contribution is 7.91. The summed E-state index contributed by atoms with van der Waals surface area (Å²) >= 11 is 0. The van der Waals surface area contributed by atoms with Gasteiger partial charge in [0.2, 0.25) is 7.49 Å². The van der Waals surface area contributed by atoms with Crippen molar-refractivity contribution in [1.82, 2.24) is 4.98 Å². The summed E-state index contributed by atoms with van der Waals surface area (Å²) < 4.78 is 6.51. The minimum atomic E-state index is -2.80. The molecule has 0 radical (unpaired) electrons. The standard InChI is InChI=1S/C43H29NO2P/c45-47(32-14-3-1-4-15-32,33-16-5-2-6-17-33)34-24-22-29(23-25-34)30-12-11-13-31(28-30)42-38-27-26-36-35-18-8-10-21-40(35)46-43(36)41(38)37-19-7-9-20-39(37)44-42/h1-28,45H/q+1. The number of rotatable bonds is 5. The molecule has 47 heavy (non-hydrogen) atoms. The van der Waals surface area contributed by atoms with E-state index >= 15 is 0 Å². The molecule has 0 fully saturated rings. The van der Waals surface area contributed by atoms with E-state index in [0.29, 0.717) is 0 Å². The van der Waals surface area contributed by atoms with Crippen LogP contribution in [0.4, 0.5) is 0 Å². The lowest BCUT2D eigenvalue weighted by Crippen LogP contribution is -2.30. The summed E-state index contributed by atoms with van der Waals surface area (Å²) in [5, 5.41) is 8.25. The van der Waals surface area contributed by atoms with E-state index in [-0.39, 0.29) is 0 Å². The Balaban J connectivity index is 1.18. The van der Waals surface area contributed by atoms with Crippen LogP contribution in [-0.4, -0.2) is 9.88 Å². The molecule has 0 bridgehead atoms. The van der Waals surface area contributed by atoms with E-state index in [1.54, 1.807) is 0 Å². The monoisotopic (exact) mass is 622 g/mol. The molecule has 0 saturated carbocycles. The van der Waals surface area contributed by atoms with Crippen molar-refractivity contribution in [3.63, 3.8) is 0 Å². The lowest BCUT2D eigenvalue weighted by Gasteiger charge is -2.20. The molecule has 1 N–H and O–H groups in total. The van der Waals surface area contributed by atoms with Crippen molar-refractivity contribution < 1.29 is 9.31 Å². The average molecular weight is 623 g/mol. The molecule has 3 nitrogen and oxygen atoms in total. The van der Waals surface area contributed by atoms with Gasteiger partial charge in [-0.15, -0.1) is 0 Å². The van der Waals surface area contributed by atoms with E-state index in [1.807, 2.05) is 78.9 Å². The Kier molecular flexibility index (Phi) is 6.50. The zero-order valence-electron chi connectivity index (χ0n) is 25.4. The number of para-hydroxylation sites is 2. The first kappa shape index (κ1) is 27.7. The van der Waals surface area contributed by atoms with E-state index in [4.69, 9.17) is 9.40 Å². The van der Waals surface area contributed by atoms with Crippen molar-refractivity contribution in [2.75, 3.05) is 0 Å². The predicted molar refractivity (Wildman–Crippen MR) is 198 cm³/mol. The molecule has 0 unspecified atom stereocenters. The van der Waals surface area contributed by atoms with Crippen LogP contribution in [0.5, 0.6) is 0 Å². The lowest BCUT2D eigenvalue weighted by molar-refractivity contribution is 0.633. The number of fused-ring (bicyclic) bond motifs is 7. The fourth-order valence-corrected chi connectivity index (χ4v) is 9.57. The van der Waals surface area contributed by atoms with E-state index < -0.39 is 7.49 Å². The second-order valence-electron chi connectivity index (χ2n) is 11.9. The van der Waals surface area contributed by atoms with Crippen LogP contribution < -0.4 is 15.9 Å². The number of pyridine rings is 1. The van der Waals surface area contributed by atoms with Crippen LogP contribution in [0, 0.1) is 0 Å². The average Bonchev–Trinajstić information content (AvgIpc) is 3.54. The molecule has 2 heterocycles. The highest BCUT2D eigenvalue weighted by Crippen LogP contribution is 2.51. The molecule has 4 heteroatoms. The number of aromatic nitrogens is 1. The maximum atomic E-state index is 12.4.